The van der Waals surface area contributed by atoms with Gasteiger partial charge in [0.05, 0.1) is 12.1 Å². The molecule has 14 heteroatoms. The van der Waals surface area contributed by atoms with Gasteiger partial charge in [-0.3, -0.25) is 14.4 Å². The second-order valence-corrected chi connectivity index (χ2v) is 15.2. The number of hydrogen-bond acceptors (Lipinski definition) is 10. The first kappa shape index (κ1) is 43.7. The van der Waals surface area contributed by atoms with Gasteiger partial charge in [0.2, 0.25) is 11.8 Å². The SMILES string of the molecule is CCCOC(CC(C(C)C)N(CCC)C(=O)C(NC(=O)C(NC)C(C)CC)C(C)CC)c1nc(C(=O)NC(CCc2ccccc2)c2nn[nH]n2)cs1. The molecule has 7 unspecified atom stereocenters. The topological polar surface area (TPSA) is 167 Å². The third kappa shape index (κ3) is 12.7. The van der Waals surface area contributed by atoms with Gasteiger partial charge in [-0.1, -0.05) is 104 Å². The summed E-state index contributed by atoms with van der Waals surface area (Å²) in [6.07, 6.45) is 4.49. The average Bonchev–Trinajstić information content (AvgIpc) is 3.89. The minimum atomic E-state index is -0.667. The zero-order valence-electron chi connectivity index (χ0n) is 33.2. The van der Waals surface area contributed by atoms with Crippen LogP contribution in [0, 0.1) is 17.8 Å². The third-order valence-electron chi connectivity index (χ3n) is 10.1. The molecule has 4 N–H and O–H groups in total. The van der Waals surface area contributed by atoms with Crippen molar-refractivity contribution in [2.24, 2.45) is 17.8 Å². The van der Waals surface area contributed by atoms with Crippen molar-refractivity contribution in [1.29, 1.82) is 0 Å². The Kier molecular flexibility index (Phi) is 18.5. The van der Waals surface area contributed by atoms with Gasteiger partial charge in [-0.25, -0.2) is 4.98 Å². The summed E-state index contributed by atoms with van der Waals surface area (Å²) in [5.74, 6) is -0.0337. The number of ether oxygens (including phenoxy) is 1. The number of carbonyl (C=O) groups excluding carboxylic acids is 3. The molecule has 294 valence electrons. The number of likely N-dealkylation sites (N-methyl/N-ethyl adjacent to an activating group) is 1. The molecule has 7 atom stereocenters. The van der Waals surface area contributed by atoms with Crippen LogP contribution in [0.4, 0.5) is 0 Å². The smallest absolute Gasteiger partial charge is 0.271 e. The Morgan fingerprint density at radius 2 is 1.64 bits per heavy atom. The van der Waals surface area contributed by atoms with E-state index in [4.69, 9.17) is 9.72 Å². The number of aryl methyl sites for hydroxylation is 1. The second kappa shape index (κ2) is 22.5. The molecule has 3 amide bonds. The number of H-pyrrole nitrogens is 1. The summed E-state index contributed by atoms with van der Waals surface area (Å²) >= 11 is 1.38. The highest BCUT2D eigenvalue weighted by atomic mass is 32.1. The van der Waals surface area contributed by atoms with E-state index in [9.17, 15) is 14.4 Å². The van der Waals surface area contributed by atoms with Crippen LogP contribution in [0.2, 0.25) is 0 Å². The zero-order valence-corrected chi connectivity index (χ0v) is 34.0. The maximum Gasteiger partial charge on any atom is 0.271 e. The summed E-state index contributed by atoms with van der Waals surface area (Å²) in [6.45, 7) is 17.6. The number of nitrogens with one attached hydrogen (secondary N) is 4. The van der Waals surface area contributed by atoms with Gasteiger partial charge in [-0.05, 0) is 56.0 Å². The van der Waals surface area contributed by atoms with Crippen LogP contribution in [0.25, 0.3) is 0 Å². The van der Waals surface area contributed by atoms with E-state index in [-0.39, 0.29) is 47.2 Å². The minimum absolute atomic E-state index is 0.0656. The van der Waals surface area contributed by atoms with E-state index >= 15 is 0 Å². The van der Waals surface area contributed by atoms with Crippen molar-refractivity contribution in [3.05, 3.63) is 57.8 Å². The van der Waals surface area contributed by atoms with Gasteiger partial charge in [0.15, 0.2) is 5.82 Å². The van der Waals surface area contributed by atoms with Crippen LogP contribution in [-0.2, 0) is 20.7 Å². The van der Waals surface area contributed by atoms with E-state index in [1.54, 1.807) is 12.4 Å². The number of aromatic amines is 1. The molecular weight excluding hydrogens is 691 g/mol. The molecule has 0 aliphatic carbocycles. The highest BCUT2D eigenvalue weighted by molar-refractivity contribution is 7.09. The summed E-state index contributed by atoms with van der Waals surface area (Å²) in [6, 6.07) is 8.31. The Bertz CT molecular complexity index is 1500. The fourth-order valence-corrected chi connectivity index (χ4v) is 7.34. The summed E-state index contributed by atoms with van der Waals surface area (Å²) < 4.78 is 6.43. The number of thiazole rings is 1. The van der Waals surface area contributed by atoms with Gasteiger partial charge in [0.1, 0.15) is 22.8 Å². The Hall–Kier alpha value is -3.75. The molecule has 3 rings (SSSR count). The van der Waals surface area contributed by atoms with Crippen molar-refractivity contribution in [2.45, 2.75) is 131 Å². The van der Waals surface area contributed by atoms with E-state index < -0.39 is 24.2 Å². The van der Waals surface area contributed by atoms with Gasteiger partial charge in [0, 0.05) is 31.0 Å². The van der Waals surface area contributed by atoms with Crippen molar-refractivity contribution in [1.82, 2.24) is 46.5 Å². The quantitative estimate of drug-likeness (QED) is 0.0852. The Morgan fingerprint density at radius 3 is 2.23 bits per heavy atom. The predicted octanol–water partition coefficient (Wildman–Crippen LogP) is 6.05. The summed E-state index contributed by atoms with van der Waals surface area (Å²) in [5.41, 5.74) is 1.43. The lowest BCUT2D eigenvalue weighted by Crippen LogP contribution is -2.59. The van der Waals surface area contributed by atoms with Gasteiger partial charge in [-0.2, -0.15) is 5.21 Å². The third-order valence-corrected chi connectivity index (χ3v) is 11.0. The van der Waals surface area contributed by atoms with E-state index in [2.05, 4.69) is 71.2 Å². The first-order valence-electron chi connectivity index (χ1n) is 19.4. The van der Waals surface area contributed by atoms with Crippen LogP contribution >= 0.6 is 11.3 Å². The van der Waals surface area contributed by atoms with Crippen molar-refractivity contribution in [3.8, 4) is 0 Å². The van der Waals surface area contributed by atoms with E-state index in [1.165, 1.54) is 11.3 Å². The van der Waals surface area contributed by atoms with E-state index in [0.717, 1.165) is 31.2 Å². The number of hydrogen-bond donors (Lipinski definition) is 4. The molecule has 0 aliphatic heterocycles. The number of carbonyl (C=O) groups is 3. The molecule has 0 fully saturated rings. The van der Waals surface area contributed by atoms with Crippen LogP contribution in [-0.4, -0.2) is 86.6 Å². The Balaban J connectivity index is 1.86. The first-order chi connectivity index (χ1) is 25.5. The minimum Gasteiger partial charge on any atom is -0.371 e. The first-order valence-corrected chi connectivity index (χ1v) is 20.3. The predicted molar refractivity (Wildman–Crippen MR) is 209 cm³/mol. The van der Waals surface area contributed by atoms with Crippen LogP contribution in [0.1, 0.15) is 133 Å². The molecule has 2 aromatic heterocycles. The van der Waals surface area contributed by atoms with E-state index in [0.29, 0.717) is 43.2 Å². The zero-order chi connectivity index (χ0) is 38.9. The Morgan fingerprint density at radius 1 is 0.943 bits per heavy atom. The van der Waals surface area contributed by atoms with Gasteiger partial charge < -0.3 is 25.6 Å². The van der Waals surface area contributed by atoms with Crippen molar-refractivity contribution < 1.29 is 19.1 Å². The highest BCUT2D eigenvalue weighted by Gasteiger charge is 2.37. The molecule has 0 bridgehead atoms. The summed E-state index contributed by atoms with van der Waals surface area (Å²) in [4.78, 5) is 48.5. The monoisotopic (exact) mass is 753 g/mol. The number of rotatable bonds is 24. The van der Waals surface area contributed by atoms with Gasteiger partial charge in [0.25, 0.3) is 5.91 Å². The molecule has 53 heavy (non-hydrogen) atoms. The average molecular weight is 754 g/mol. The summed E-state index contributed by atoms with van der Waals surface area (Å²) in [7, 11) is 1.79. The number of nitrogens with zero attached hydrogens (tertiary/aromatic N) is 5. The van der Waals surface area contributed by atoms with Crippen LogP contribution in [0.5, 0.6) is 0 Å². The number of tetrazole rings is 1. The van der Waals surface area contributed by atoms with Crippen LogP contribution in [0.3, 0.4) is 0 Å². The van der Waals surface area contributed by atoms with E-state index in [1.807, 2.05) is 56.0 Å². The van der Waals surface area contributed by atoms with Crippen LogP contribution < -0.4 is 16.0 Å². The fourth-order valence-electron chi connectivity index (χ4n) is 6.48. The molecule has 1 aromatic carbocycles. The number of aromatic nitrogens is 5. The molecule has 0 saturated heterocycles. The van der Waals surface area contributed by atoms with Gasteiger partial charge >= 0.3 is 0 Å². The van der Waals surface area contributed by atoms with Crippen molar-refractivity contribution in [3.63, 3.8) is 0 Å². The largest absolute Gasteiger partial charge is 0.371 e. The number of benzene rings is 1. The van der Waals surface area contributed by atoms with Crippen LogP contribution in [0.15, 0.2) is 35.7 Å². The molecule has 0 saturated carbocycles. The number of amides is 3. The molecule has 3 aromatic rings. The lowest BCUT2D eigenvalue weighted by molar-refractivity contribution is -0.142. The molecule has 2 heterocycles. The standard InChI is InChI=1S/C39H63N9O4S/c1-10-21-48(39(51)34(27(8)13-4)43-37(50)33(40-9)26(7)12-3)31(25(5)6)23-32(52-22-11-2)38-42-30(24-53-38)36(49)41-29(35-44-46-47-45-35)20-19-28-17-15-14-16-18-28/h14-18,24-27,29,31-34,40H,10-13,19-23H2,1-9H3,(H,41,49)(H,43,50)(H,44,45,46,47). The highest BCUT2D eigenvalue weighted by Crippen LogP contribution is 2.32. The maximum absolute atomic E-state index is 14.6. The maximum atomic E-state index is 14.6. The summed E-state index contributed by atoms with van der Waals surface area (Å²) in [5, 5.41) is 26.3. The second-order valence-electron chi connectivity index (χ2n) is 14.4. The lowest BCUT2D eigenvalue weighted by atomic mass is 9.91. The van der Waals surface area contributed by atoms with Crippen molar-refractivity contribution >= 4 is 29.1 Å². The molecular formula is C39H63N9O4S. The molecule has 0 aliphatic rings. The Labute approximate surface area is 320 Å². The fraction of sp³-hybridized carbons (Fsp3) is 0.667. The normalized spacial score (nSPS) is 15.6. The van der Waals surface area contributed by atoms with Gasteiger partial charge in [-0.15, -0.1) is 21.5 Å². The molecule has 0 spiro atoms. The van der Waals surface area contributed by atoms with Crippen molar-refractivity contribution in [2.75, 3.05) is 20.2 Å². The molecule has 0 radical (unpaired) electrons. The lowest BCUT2D eigenvalue weighted by Gasteiger charge is -2.39. The molecule has 13 nitrogen and oxygen atoms in total.